The molecule has 142 valence electrons. The molecule has 0 bridgehead atoms. The zero-order valence-electron chi connectivity index (χ0n) is 15.8. The Kier molecular flexibility index (Phi) is 12.4. The molecule has 0 aliphatic rings. The number of rotatable bonds is 13. The first kappa shape index (κ1) is 21.3. The van der Waals surface area contributed by atoms with Crippen molar-refractivity contribution in [3.05, 3.63) is 29.8 Å². The topological polar surface area (TPSA) is 64.1 Å². The molecule has 0 saturated heterocycles. The van der Waals surface area contributed by atoms with Gasteiger partial charge < -0.3 is 24.8 Å². The van der Waals surface area contributed by atoms with E-state index in [0.717, 1.165) is 43.3 Å². The Morgan fingerprint density at radius 3 is 2.32 bits per heavy atom. The van der Waals surface area contributed by atoms with Gasteiger partial charge in [-0.15, -0.1) is 0 Å². The first-order valence-electron chi connectivity index (χ1n) is 9.10. The molecule has 0 aliphatic heterocycles. The van der Waals surface area contributed by atoms with Gasteiger partial charge in [-0.1, -0.05) is 25.5 Å². The van der Waals surface area contributed by atoms with Gasteiger partial charge in [0.05, 0.1) is 33.5 Å². The molecule has 0 heterocycles. The molecule has 0 aliphatic carbocycles. The van der Waals surface area contributed by atoms with Crippen LogP contribution in [0.15, 0.2) is 29.3 Å². The van der Waals surface area contributed by atoms with Crippen molar-refractivity contribution in [2.75, 3.05) is 46.6 Å². The minimum absolute atomic E-state index is 0.617. The molecular weight excluding hydrogens is 318 g/mol. The summed E-state index contributed by atoms with van der Waals surface area (Å²) in [7, 11) is 1.67. The van der Waals surface area contributed by atoms with Gasteiger partial charge >= 0.3 is 0 Å². The SMILES string of the molecule is CCCCOCCOCCNC(=NCc1ccc(OC)cc1)NCC. The van der Waals surface area contributed by atoms with Crippen molar-refractivity contribution in [3.63, 3.8) is 0 Å². The number of unbranched alkanes of at least 4 members (excludes halogenated alkanes) is 1. The molecule has 0 spiro atoms. The molecule has 6 heteroatoms. The van der Waals surface area contributed by atoms with E-state index in [0.29, 0.717) is 32.9 Å². The van der Waals surface area contributed by atoms with E-state index in [-0.39, 0.29) is 0 Å². The van der Waals surface area contributed by atoms with Crippen LogP contribution in [0, 0.1) is 0 Å². The minimum atomic E-state index is 0.617. The monoisotopic (exact) mass is 351 g/mol. The molecule has 2 N–H and O–H groups in total. The molecule has 0 fully saturated rings. The van der Waals surface area contributed by atoms with Crippen LogP contribution in [0.2, 0.25) is 0 Å². The fourth-order valence-corrected chi connectivity index (χ4v) is 2.05. The van der Waals surface area contributed by atoms with Crippen molar-refractivity contribution in [2.45, 2.75) is 33.2 Å². The van der Waals surface area contributed by atoms with Gasteiger partial charge in [0.15, 0.2) is 5.96 Å². The molecular formula is C19H33N3O3. The lowest BCUT2D eigenvalue weighted by atomic mass is 10.2. The normalized spacial score (nSPS) is 11.4. The highest BCUT2D eigenvalue weighted by Gasteiger charge is 1.98. The van der Waals surface area contributed by atoms with Crippen molar-refractivity contribution in [2.24, 2.45) is 4.99 Å². The largest absolute Gasteiger partial charge is 0.497 e. The first-order chi connectivity index (χ1) is 12.3. The molecule has 0 unspecified atom stereocenters. The lowest BCUT2D eigenvalue weighted by Crippen LogP contribution is -2.39. The molecule has 0 atom stereocenters. The predicted molar refractivity (Wildman–Crippen MR) is 102 cm³/mol. The number of guanidine groups is 1. The van der Waals surface area contributed by atoms with Gasteiger partial charge in [-0.05, 0) is 31.0 Å². The third kappa shape index (κ3) is 10.6. The number of hydrogen-bond acceptors (Lipinski definition) is 4. The van der Waals surface area contributed by atoms with Crippen molar-refractivity contribution in [3.8, 4) is 5.75 Å². The Morgan fingerprint density at radius 2 is 1.68 bits per heavy atom. The molecule has 6 nitrogen and oxygen atoms in total. The van der Waals surface area contributed by atoms with Crippen molar-refractivity contribution in [1.29, 1.82) is 0 Å². The van der Waals surface area contributed by atoms with Crippen LogP contribution >= 0.6 is 0 Å². The smallest absolute Gasteiger partial charge is 0.191 e. The van der Waals surface area contributed by atoms with E-state index < -0.39 is 0 Å². The lowest BCUT2D eigenvalue weighted by molar-refractivity contribution is 0.0487. The molecule has 0 aromatic heterocycles. The maximum Gasteiger partial charge on any atom is 0.191 e. The zero-order chi connectivity index (χ0) is 18.2. The van der Waals surface area contributed by atoms with Gasteiger partial charge in [0.25, 0.3) is 0 Å². The fourth-order valence-electron chi connectivity index (χ4n) is 2.05. The average molecular weight is 351 g/mol. The van der Waals surface area contributed by atoms with Crippen LogP contribution in [0.25, 0.3) is 0 Å². The summed E-state index contributed by atoms with van der Waals surface area (Å²) in [6, 6.07) is 7.93. The molecule has 0 saturated carbocycles. The van der Waals surface area contributed by atoms with Crippen molar-refractivity contribution in [1.82, 2.24) is 10.6 Å². The number of nitrogens with one attached hydrogen (secondary N) is 2. The lowest BCUT2D eigenvalue weighted by Gasteiger charge is -2.12. The van der Waals surface area contributed by atoms with E-state index in [9.17, 15) is 0 Å². The summed E-state index contributed by atoms with van der Waals surface area (Å²) in [4.78, 5) is 4.58. The van der Waals surface area contributed by atoms with Crippen molar-refractivity contribution >= 4 is 5.96 Å². The van der Waals surface area contributed by atoms with E-state index in [1.807, 2.05) is 24.3 Å². The van der Waals surface area contributed by atoms with Gasteiger partial charge in [0.1, 0.15) is 5.75 Å². The van der Waals surface area contributed by atoms with Gasteiger partial charge in [-0.25, -0.2) is 4.99 Å². The summed E-state index contributed by atoms with van der Waals surface area (Å²) in [5.41, 5.74) is 1.14. The molecule has 1 rings (SSSR count). The molecule has 0 amide bonds. The first-order valence-corrected chi connectivity index (χ1v) is 9.10. The average Bonchev–Trinajstić information content (AvgIpc) is 2.65. The van der Waals surface area contributed by atoms with E-state index in [2.05, 4.69) is 29.5 Å². The molecule has 1 aromatic rings. The Labute approximate surface area is 152 Å². The third-order valence-corrected chi connectivity index (χ3v) is 3.48. The Bertz CT molecular complexity index is 463. The van der Waals surface area contributed by atoms with Crippen LogP contribution in [-0.2, 0) is 16.0 Å². The highest BCUT2D eigenvalue weighted by atomic mass is 16.5. The number of hydrogen-bond donors (Lipinski definition) is 2. The highest BCUT2D eigenvalue weighted by Crippen LogP contribution is 2.11. The summed E-state index contributed by atoms with van der Waals surface area (Å²) in [5, 5.41) is 6.51. The predicted octanol–water partition coefficient (Wildman–Crippen LogP) is 2.58. The zero-order valence-corrected chi connectivity index (χ0v) is 15.8. The van der Waals surface area contributed by atoms with Crippen LogP contribution in [0.4, 0.5) is 0 Å². The molecule has 0 radical (unpaired) electrons. The summed E-state index contributed by atoms with van der Waals surface area (Å²) in [5.74, 6) is 1.65. The summed E-state index contributed by atoms with van der Waals surface area (Å²) in [6.45, 7) is 9.09. The van der Waals surface area contributed by atoms with Crippen LogP contribution in [0.1, 0.15) is 32.3 Å². The van der Waals surface area contributed by atoms with Crippen LogP contribution in [-0.4, -0.2) is 52.6 Å². The number of methoxy groups -OCH3 is 1. The quantitative estimate of drug-likeness (QED) is 0.325. The van der Waals surface area contributed by atoms with Gasteiger partial charge in [-0.3, -0.25) is 0 Å². The fraction of sp³-hybridized carbons (Fsp3) is 0.632. The summed E-state index contributed by atoms with van der Waals surface area (Å²) in [6.07, 6.45) is 2.27. The van der Waals surface area contributed by atoms with E-state index in [4.69, 9.17) is 14.2 Å². The Hall–Kier alpha value is -1.79. The summed E-state index contributed by atoms with van der Waals surface area (Å²) >= 11 is 0. The second-order valence-electron chi connectivity index (χ2n) is 5.55. The van der Waals surface area contributed by atoms with Gasteiger partial charge in [0, 0.05) is 19.7 Å². The van der Waals surface area contributed by atoms with Crippen molar-refractivity contribution < 1.29 is 14.2 Å². The Balaban J connectivity index is 2.21. The van der Waals surface area contributed by atoms with E-state index in [1.165, 1.54) is 0 Å². The number of benzene rings is 1. The minimum Gasteiger partial charge on any atom is -0.497 e. The second-order valence-corrected chi connectivity index (χ2v) is 5.55. The second kappa shape index (κ2) is 14.5. The van der Waals surface area contributed by atoms with Crippen LogP contribution in [0.3, 0.4) is 0 Å². The third-order valence-electron chi connectivity index (χ3n) is 3.48. The van der Waals surface area contributed by atoms with Crippen LogP contribution in [0.5, 0.6) is 5.75 Å². The van der Waals surface area contributed by atoms with Crippen LogP contribution < -0.4 is 15.4 Å². The molecule has 1 aromatic carbocycles. The maximum absolute atomic E-state index is 5.55. The van der Waals surface area contributed by atoms with Gasteiger partial charge in [-0.2, -0.15) is 0 Å². The number of nitrogens with zero attached hydrogens (tertiary/aromatic N) is 1. The summed E-state index contributed by atoms with van der Waals surface area (Å²) < 4.78 is 16.2. The van der Waals surface area contributed by atoms with E-state index in [1.54, 1.807) is 7.11 Å². The number of aliphatic imine (C=N–C) groups is 1. The Morgan fingerprint density at radius 1 is 0.960 bits per heavy atom. The molecule has 25 heavy (non-hydrogen) atoms. The van der Waals surface area contributed by atoms with Gasteiger partial charge in [0.2, 0.25) is 0 Å². The maximum atomic E-state index is 5.55. The highest BCUT2D eigenvalue weighted by molar-refractivity contribution is 5.79. The standard InChI is InChI=1S/C19H33N3O3/c1-4-6-12-24-14-15-25-13-11-21-19(20-5-2)22-16-17-7-9-18(23-3)10-8-17/h7-10H,4-6,11-16H2,1-3H3,(H2,20,21,22). The van der Waals surface area contributed by atoms with E-state index >= 15 is 0 Å². The number of ether oxygens (including phenoxy) is 3.